The second-order valence-corrected chi connectivity index (χ2v) is 6.16. The maximum atomic E-state index is 12.8. The Hall–Kier alpha value is -2.35. The molecule has 0 aliphatic carbocycles. The van der Waals surface area contributed by atoms with E-state index in [4.69, 9.17) is 11.6 Å². The number of amides is 1. The van der Waals surface area contributed by atoms with E-state index in [1.165, 1.54) is 4.90 Å². The molecule has 1 aliphatic heterocycles. The molecule has 9 heteroatoms. The first-order valence-corrected chi connectivity index (χ1v) is 7.79. The van der Waals surface area contributed by atoms with Crippen molar-refractivity contribution in [2.45, 2.75) is 18.6 Å². The van der Waals surface area contributed by atoms with Crippen molar-refractivity contribution in [2.75, 3.05) is 13.1 Å². The molecule has 3 rings (SSSR count). The van der Waals surface area contributed by atoms with Crippen LogP contribution >= 0.6 is 11.6 Å². The maximum Gasteiger partial charge on any atom is 0.417 e. The molecule has 132 valence electrons. The molecule has 1 amide bonds. The predicted octanol–water partition coefficient (Wildman–Crippen LogP) is 2.54. The van der Waals surface area contributed by atoms with E-state index in [1.807, 2.05) is 12.1 Å². The van der Waals surface area contributed by atoms with Gasteiger partial charge in [-0.15, -0.1) is 0 Å². The van der Waals surface area contributed by atoms with E-state index in [0.29, 0.717) is 29.9 Å². The predicted molar refractivity (Wildman–Crippen MR) is 84.3 cm³/mol. The second kappa shape index (κ2) is 6.51. The summed E-state index contributed by atoms with van der Waals surface area (Å²) in [6, 6.07) is 6.04. The Bertz CT molecular complexity index is 846. The molecular weight excluding hydrogens is 359 g/mol. The molecule has 2 aromatic heterocycles. The third kappa shape index (κ3) is 3.68. The first-order valence-electron chi connectivity index (χ1n) is 7.41. The molecule has 1 saturated heterocycles. The third-order valence-electron chi connectivity index (χ3n) is 4.02. The summed E-state index contributed by atoms with van der Waals surface area (Å²) in [7, 11) is 0. The van der Waals surface area contributed by atoms with E-state index >= 15 is 0 Å². The van der Waals surface area contributed by atoms with Crippen LogP contribution in [0.5, 0.6) is 0 Å². The Morgan fingerprint density at radius 1 is 1.32 bits per heavy atom. The largest absolute Gasteiger partial charge is 0.417 e. The van der Waals surface area contributed by atoms with Gasteiger partial charge in [-0.2, -0.15) is 13.2 Å². The third-order valence-corrected chi connectivity index (χ3v) is 4.29. The van der Waals surface area contributed by atoms with Gasteiger partial charge in [-0.3, -0.25) is 14.6 Å². The molecule has 5 nitrogen and oxygen atoms in total. The number of pyridine rings is 2. The van der Waals surface area contributed by atoms with Crippen LogP contribution in [-0.2, 0) is 17.5 Å². The fourth-order valence-corrected chi connectivity index (χ4v) is 2.83. The second-order valence-electron chi connectivity index (χ2n) is 5.76. The van der Waals surface area contributed by atoms with Crippen molar-refractivity contribution in [3.05, 3.63) is 63.3 Å². The Balaban J connectivity index is 1.70. The topological polar surface area (TPSA) is 55.2 Å². The number of likely N-dealkylation sites (tertiary alicyclic amines) is 1. The number of rotatable bonds is 3. The Labute approximate surface area is 145 Å². The standard InChI is InChI=1S/C16H13ClF3N3O2/c17-12-5-11(16(18,19)20)8-23(15(12)25)9-14(24)22-6-10(7-22)13-3-1-2-4-21-13/h1-5,8,10H,6-7,9H2. The number of hydrogen-bond donors (Lipinski definition) is 0. The summed E-state index contributed by atoms with van der Waals surface area (Å²) in [6.45, 7) is 0.339. The Kier molecular flexibility index (Phi) is 4.55. The van der Waals surface area contributed by atoms with Gasteiger partial charge in [0.15, 0.2) is 0 Å². The number of carbonyl (C=O) groups excluding carboxylic acids is 1. The first-order chi connectivity index (χ1) is 11.8. The average Bonchev–Trinajstić information content (AvgIpc) is 2.50. The van der Waals surface area contributed by atoms with E-state index in [9.17, 15) is 22.8 Å². The summed E-state index contributed by atoms with van der Waals surface area (Å²) >= 11 is 5.57. The van der Waals surface area contributed by atoms with Crippen LogP contribution in [-0.4, -0.2) is 33.4 Å². The molecule has 0 aromatic carbocycles. The SMILES string of the molecule is O=C(Cn1cc(C(F)(F)F)cc(Cl)c1=O)N1CC(c2ccccn2)C1. The molecule has 25 heavy (non-hydrogen) atoms. The number of alkyl halides is 3. The zero-order valence-electron chi connectivity index (χ0n) is 12.8. The molecule has 0 saturated carbocycles. The highest BCUT2D eigenvalue weighted by molar-refractivity contribution is 6.30. The number of halogens is 4. The van der Waals surface area contributed by atoms with Gasteiger partial charge in [-0.25, -0.2) is 0 Å². The van der Waals surface area contributed by atoms with Crippen LogP contribution in [0.1, 0.15) is 17.2 Å². The van der Waals surface area contributed by atoms with E-state index in [2.05, 4.69) is 4.98 Å². The molecule has 3 heterocycles. The van der Waals surface area contributed by atoms with Crippen LogP contribution < -0.4 is 5.56 Å². The van der Waals surface area contributed by atoms with Gasteiger partial charge in [0.05, 0.1) is 5.56 Å². The summed E-state index contributed by atoms with van der Waals surface area (Å²) in [5.74, 6) is -0.350. The van der Waals surface area contributed by atoms with E-state index < -0.39 is 34.8 Å². The molecule has 0 atom stereocenters. The molecule has 2 aromatic rings. The van der Waals surface area contributed by atoms with Gasteiger partial charge in [0.1, 0.15) is 11.6 Å². The van der Waals surface area contributed by atoms with Crippen molar-refractivity contribution in [3.63, 3.8) is 0 Å². The number of carbonyl (C=O) groups is 1. The van der Waals surface area contributed by atoms with Crippen molar-refractivity contribution >= 4 is 17.5 Å². The quantitative estimate of drug-likeness (QED) is 0.833. The van der Waals surface area contributed by atoms with Gasteiger partial charge in [-0.1, -0.05) is 17.7 Å². The highest BCUT2D eigenvalue weighted by Gasteiger charge is 2.34. The normalized spacial score (nSPS) is 15.1. The molecule has 0 spiro atoms. The number of aromatic nitrogens is 2. The molecular formula is C16H13ClF3N3O2. The van der Waals surface area contributed by atoms with E-state index in [0.717, 1.165) is 5.69 Å². The van der Waals surface area contributed by atoms with E-state index in [-0.39, 0.29) is 5.92 Å². The first kappa shape index (κ1) is 17.5. The summed E-state index contributed by atoms with van der Waals surface area (Å²) in [5.41, 5.74) is -1.05. The smallest absolute Gasteiger partial charge is 0.340 e. The maximum absolute atomic E-state index is 12.8. The lowest BCUT2D eigenvalue weighted by Crippen LogP contribution is -2.50. The van der Waals surface area contributed by atoms with E-state index in [1.54, 1.807) is 12.3 Å². The Morgan fingerprint density at radius 3 is 2.64 bits per heavy atom. The summed E-state index contributed by atoms with van der Waals surface area (Å²) < 4.78 is 39.1. The van der Waals surface area contributed by atoms with Crippen LogP contribution in [0.25, 0.3) is 0 Å². The Morgan fingerprint density at radius 2 is 2.04 bits per heavy atom. The lowest BCUT2D eigenvalue weighted by Gasteiger charge is -2.39. The van der Waals surface area contributed by atoms with Crippen molar-refractivity contribution in [3.8, 4) is 0 Å². The lowest BCUT2D eigenvalue weighted by molar-refractivity contribution is -0.139. The highest BCUT2D eigenvalue weighted by Crippen LogP contribution is 2.30. The summed E-state index contributed by atoms with van der Waals surface area (Å²) in [4.78, 5) is 29.8. The minimum absolute atomic E-state index is 0.0898. The summed E-state index contributed by atoms with van der Waals surface area (Å²) in [5, 5.41) is -0.572. The molecule has 1 aliphatic rings. The van der Waals surface area contributed by atoms with Crippen LogP contribution in [0.2, 0.25) is 5.02 Å². The molecule has 0 bridgehead atoms. The molecule has 0 N–H and O–H groups in total. The van der Waals surface area contributed by atoms with Crippen LogP contribution in [0.4, 0.5) is 13.2 Å². The van der Waals surface area contributed by atoms with Crippen LogP contribution in [0.3, 0.4) is 0 Å². The minimum Gasteiger partial charge on any atom is -0.340 e. The minimum atomic E-state index is -4.65. The van der Waals surface area contributed by atoms with Gasteiger partial charge in [0.25, 0.3) is 5.56 Å². The van der Waals surface area contributed by atoms with Crippen molar-refractivity contribution in [1.82, 2.24) is 14.5 Å². The summed E-state index contributed by atoms with van der Waals surface area (Å²) in [6.07, 6.45) is -2.38. The van der Waals surface area contributed by atoms with Crippen molar-refractivity contribution in [1.29, 1.82) is 0 Å². The van der Waals surface area contributed by atoms with Gasteiger partial charge in [0.2, 0.25) is 5.91 Å². The molecule has 1 fully saturated rings. The lowest BCUT2D eigenvalue weighted by atomic mass is 9.95. The van der Waals surface area contributed by atoms with Crippen molar-refractivity contribution in [2.24, 2.45) is 0 Å². The monoisotopic (exact) mass is 371 g/mol. The fourth-order valence-electron chi connectivity index (χ4n) is 2.60. The van der Waals surface area contributed by atoms with Crippen molar-refractivity contribution < 1.29 is 18.0 Å². The van der Waals surface area contributed by atoms with Crippen LogP contribution in [0.15, 0.2) is 41.5 Å². The van der Waals surface area contributed by atoms with Crippen LogP contribution in [0, 0.1) is 0 Å². The zero-order chi connectivity index (χ0) is 18.2. The number of hydrogen-bond acceptors (Lipinski definition) is 3. The molecule has 0 radical (unpaired) electrons. The highest BCUT2D eigenvalue weighted by atomic mass is 35.5. The average molecular weight is 372 g/mol. The number of nitrogens with zero attached hydrogens (tertiary/aromatic N) is 3. The molecule has 0 unspecified atom stereocenters. The van der Waals surface area contributed by atoms with Gasteiger partial charge < -0.3 is 9.47 Å². The van der Waals surface area contributed by atoms with Gasteiger partial charge >= 0.3 is 6.18 Å². The van der Waals surface area contributed by atoms with Gasteiger partial charge in [-0.05, 0) is 18.2 Å². The zero-order valence-corrected chi connectivity index (χ0v) is 13.6. The fraction of sp³-hybridized carbons (Fsp3) is 0.312. The van der Waals surface area contributed by atoms with Gasteiger partial charge in [0, 0.05) is 37.1 Å².